The molecule has 1 saturated heterocycles. The monoisotopic (exact) mass is 625 g/mol. The van der Waals surface area contributed by atoms with Gasteiger partial charge in [0.1, 0.15) is 12.1 Å². The highest BCUT2D eigenvalue weighted by molar-refractivity contribution is 6.06. The Hall–Kier alpha value is -4.66. The zero-order chi connectivity index (χ0) is 32.4. The number of carbonyl (C=O) groups excluding carboxylic acids is 6. The van der Waals surface area contributed by atoms with Crippen molar-refractivity contribution in [2.75, 3.05) is 65.1 Å². The van der Waals surface area contributed by atoms with E-state index in [4.69, 9.17) is 14.2 Å². The summed E-state index contributed by atoms with van der Waals surface area (Å²) in [5.41, 5.74) is 1.64. The molecule has 4 N–H and O–H groups in total. The minimum Gasteiger partial charge on any atom is -0.383 e. The maximum atomic E-state index is 13.0. The van der Waals surface area contributed by atoms with Gasteiger partial charge in [0, 0.05) is 37.8 Å². The lowest BCUT2D eigenvalue weighted by atomic mass is 10.0. The van der Waals surface area contributed by atoms with E-state index < -0.39 is 23.9 Å². The van der Waals surface area contributed by atoms with Gasteiger partial charge in [0.05, 0.1) is 45.2 Å². The molecule has 242 valence electrons. The fourth-order valence-corrected chi connectivity index (χ4v) is 4.54. The lowest BCUT2D eigenvalue weighted by Gasteiger charge is -2.30. The van der Waals surface area contributed by atoms with Crippen molar-refractivity contribution in [2.45, 2.75) is 24.9 Å². The summed E-state index contributed by atoms with van der Waals surface area (Å²) in [6, 6.07) is 12.1. The Balaban J connectivity index is 1.24. The Labute approximate surface area is 261 Å². The molecule has 2 atom stereocenters. The summed E-state index contributed by atoms with van der Waals surface area (Å²) in [5, 5.41) is 10.6. The maximum Gasteiger partial charge on any atom is 0.255 e. The van der Waals surface area contributed by atoms with Gasteiger partial charge in [-0.1, -0.05) is 30.3 Å². The molecule has 45 heavy (non-hydrogen) atoms. The van der Waals surface area contributed by atoms with E-state index >= 15 is 0 Å². The van der Waals surface area contributed by atoms with Gasteiger partial charge in [-0.3, -0.25) is 34.1 Å². The zero-order valence-electron chi connectivity index (χ0n) is 25.1. The topological polar surface area (TPSA) is 181 Å². The number of carbonyl (C=O) groups is 6. The van der Waals surface area contributed by atoms with Crippen LogP contribution >= 0.6 is 0 Å². The van der Waals surface area contributed by atoms with Gasteiger partial charge >= 0.3 is 0 Å². The first-order valence-electron chi connectivity index (χ1n) is 14.5. The molecule has 14 heteroatoms. The first-order chi connectivity index (χ1) is 21.8. The fourth-order valence-electron chi connectivity index (χ4n) is 4.54. The molecule has 0 spiro atoms. The minimum atomic E-state index is -0.785. The second-order valence-corrected chi connectivity index (χ2v) is 9.99. The molecule has 2 aromatic carbocycles. The van der Waals surface area contributed by atoms with Crippen molar-refractivity contribution in [2.24, 2.45) is 0 Å². The van der Waals surface area contributed by atoms with Crippen molar-refractivity contribution in [1.29, 1.82) is 0 Å². The molecular weight excluding hydrogens is 586 g/mol. The van der Waals surface area contributed by atoms with Crippen molar-refractivity contribution in [1.82, 2.24) is 20.9 Å². The summed E-state index contributed by atoms with van der Waals surface area (Å²) in [6.07, 6.45) is 1.44. The molecule has 0 radical (unpaired) electrons. The largest absolute Gasteiger partial charge is 0.383 e. The third-order valence-electron chi connectivity index (χ3n) is 6.90. The van der Waals surface area contributed by atoms with Crippen LogP contribution in [0.1, 0.15) is 45.2 Å². The molecular formula is C31H39N5O9. The molecule has 2 unspecified atom stereocenters. The summed E-state index contributed by atoms with van der Waals surface area (Å²) in [6.45, 7) is 2.82. The predicted octanol–water partition coefficient (Wildman–Crippen LogP) is 0.442. The molecule has 3 rings (SSSR count). The predicted molar refractivity (Wildman–Crippen MR) is 162 cm³/mol. The van der Waals surface area contributed by atoms with E-state index in [1.54, 1.807) is 36.4 Å². The van der Waals surface area contributed by atoms with Gasteiger partial charge in [0.15, 0.2) is 6.29 Å². The number of hydrogen-bond donors (Lipinski definition) is 4. The van der Waals surface area contributed by atoms with Crippen LogP contribution < -0.4 is 21.3 Å². The smallest absolute Gasteiger partial charge is 0.255 e. The van der Waals surface area contributed by atoms with Gasteiger partial charge < -0.3 is 35.1 Å². The number of aldehydes is 1. The number of hydrogen-bond acceptors (Lipinski definition) is 10. The van der Waals surface area contributed by atoms with Gasteiger partial charge in [-0.25, -0.2) is 0 Å². The summed E-state index contributed by atoms with van der Waals surface area (Å²) >= 11 is 0. The van der Waals surface area contributed by atoms with Crippen molar-refractivity contribution >= 4 is 42.0 Å². The van der Waals surface area contributed by atoms with Gasteiger partial charge in [-0.2, -0.15) is 0 Å². The number of ether oxygens (including phenoxy) is 3. The summed E-state index contributed by atoms with van der Waals surface area (Å²) in [5.74, 6) is -1.72. The second kappa shape index (κ2) is 18.9. The number of nitrogens with one attached hydrogen (secondary N) is 4. The van der Waals surface area contributed by atoms with E-state index in [1.165, 1.54) is 18.0 Å². The highest BCUT2D eigenvalue weighted by atomic mass is 16.5. The van der Waals surface area contributed by atoms with Crippen LogP contribution in [0, 0.1) is 0 Å². The molecule has 0 aromatic heterocycles. The van der Waals surface area contributed by atoms with E-state index in [-0.39, 0.29) is 48.9 Å². The Morgan fingerprint density at radius 2 is 1.62 bits per heavy atom. The van der Waals surface area contributed by atoms with Crippen LogP contribution in [0.4, 0.5) is 5.69 Å². The molecule has 1 heterocycles. The van der Waals surface area contributed by atoms with Crippen molar-refractivity contribution in [3.05, 3.63) is 65.2 Å². The zero-order valence-corrected chi connectivity index (χ0v) is 25.1. The molecule has 5 amide bonds. The van der Waals surface area contributed by atoms with Crippen LogP contribution in [-0.2, 0) is 33.4 Å². The van der Waals surface area contributed by atoms with Crippen LogP contribution in [0.15, 0.2) is 48.5 Å². The van der Waals surface area contributed by atoms with Crippen LogP contribution in [0.2, 0.25) is 0 Å². The highest BCUT2D eigenvalue weighted by Crippen LogP contribution is 2.19. The van der Waals surface area contributed by atoms with Crippen LogP contribution in [0.5, 0.6) is 0 Å². The third-order valence-corrected chi connectivity index (χ3v) is 6.90. The second-order valence-electron chi connectivity index (χ2n) is 9.99. The highest BCUT2D eigenvalue weighted by Gasteiger charge is 2.33. The fraction of sp³-hybridized carbons (Fsp3) is 0.419. The first-order valence-corrected chi connectivity index (χ1v) is 14.5. The quantitative estimate of drug-likeness (QED) is 0.0916. The number of rotatable bonds is 20. The van der Waals surface area contributed by atoms with E-state index in [2.05, 4.69) is 21.3 Å². The molecule has 0 bridgehead atoms. The maximum absolute atomic E-state index is 13.0. The van der Waals surface area contributed by atoms with Crippen molar-refractivity contribution in [3.63, 3.8) is 0 Å². The van der Waals surface area contributed by atoms with E-state index in [0.29, 0.717) is 63.5 Å². The molecule has 1 fully saturated rings. The lowest BCUT2D eigenvalue weighted by molar-refractivity contribution is -0.136. The Bertz CT molecular complexity index is 1310. The average molecular weight is 626 g/mol. The summed E-state index contributed by atoms with van der Waals surface area (Å²) < 4.78 is 16.5. The van der Waals surface area contributed by atoms with Gasteiger partial charge in [-0.15, -0.1) is 0 Å². The van der Waals surface area contributed by atoms with Crippen molar-refractivity contribution < 1.29 is 43.0 Å². The molecule has 2 aromatic rings. The minimum absolute atomic E-state index is 0.141. The molecule has 14 nitrogen and oxygen atoms in total. The number of likely N-dealkylation sites (N-methyl/N-ethyl adjacent to an activating group) is 1. The molecule has 1 aliphatic rings. The number of amides is 5. The van der Waals surface area contributed by atoms with E-state index in [0.717, 1.165) is 0 Å². The lowest BCUT2D eigenvalue weighted by Crippen LogP contribution is -2.53. The SMILES string of the molecule is CN(C(=O)c1ccc(NCCOCCOCCOCCNC(=O)C(NC=O)c2ccccc2)cc1C=O)C1CCC(=O)NC1=O. The number of anilines is 1. The molecule has 0 saturated carbocycles. The summed E-state index contributed by atoms with van der Waals surface area (Å²) in [7, 11) is 1.47. The summed E-state index contributed by atoms with van der Waals surface area (Å²) in [4.78, 5) is 72.7. The average Bonchev–Trinajstić information content (AvgIpc) is 3.05. The van der Waals surface area contributed by atoms with Gasteiger partial charge in [-0.05, 0) is 30.2 Å². The van der Waals surface area contributed by atoms with Gasteiger partial charge in [0.25, 0.3) is 5.91 Å². The van der Waals surface area contributed by atoms with E-state index in [1.807, 2.05) is 6.07 Å². The Morgan fingerprint density at radius 3 is 2.27 bits per heavy atom. The Morgan fingerprint density at radius 1 is 0.956 bits per heavy atom. The van der Waals surface area contributed by atoms with Crippen LogP contribution in [-0.4, -0.2) is 107 Å². The first kappa shape index (κ1) is 34.8. The number of piperidine rings is 1. The normalized spacial score (nSPS) is 15.0. The number of imide groups is 1. The molecule has 0 aliphatic carbocycles. The van der Waals surface area contributed by atoms with E-state index in [9.17, 15) is 28.8 Å². The van der Waals surface area contributed by atoms with Gasteiger partial charge in [0.2, 0.25) is 24.1 Å². The van der Waals surface area contributed by atoms with Crippen LogP contribution in [0.25, 0.3) is 0 Å². The standard InChI is InChI=1S/C31H39N5O9/c1-36(26-9-10-27(39)35-29(26)40)31(42)25-8-7-24(19-23(25)20-37)32-11-13-43-15-17-45-18-16-44-14-12-33-30(41)28(34-21-38)22-5-3-2-4-6-22/h2-8,19-21,26,28,32H,9-18H2,1H3,(H,33,41)(H,34,38)(H,35,39,40). The van der Waals surface area contributed by atoms with Crippen LogP contribution in [0.3, 0.4) is 0 Å². The number of benzene rings is 2. The van der Waals surface area contributed by atoms with Crippen molar-refractivity contribution in [3.8, 4) is 0 Å². The third kappa shape index (κ3) is 11.1. The molecule has 1 aliphatic heterocycles. The number of nitrogens with zero attached hydrogens (tertiary/aromatic N) is 1. The Kier molecular flexibility index (Phi) is 14.6.